The molecule has 2 heterocycles. The van der Waals surface area contributed by atoms with E-state index in [0.29, 0.717) is 22.2 Å². The highest BCUT2D eigenvalue weighted by Crippen LogP contribution is 2.23. The Labute approximate surface area is 128 Å². The van der Waals surface area contributed by atoms with E-state index in [1.54, 1.807) is 12.1 Å². The van der Waals surface area contributed by atoms with Gasteiger partial charge in [-0.25, -0.2) is 4.39 Å². The van der Waals surface area contributed by atoms with Crippen LogP contribution in [0.4, 0.5) is 4.39 Å². The fraction of sp³-hybridized carbons (Fsp3) is 0.385. The number of aromatic nitrogens is 2. The lowest BCUT2D eigenvalue weighted by Crippen LogP contribution is -2.38. The van der Waals surface area contributed by atoms with Crippen molar-refractivity contribution < 1.29 is 8.91 Å². The zero-order chi connectivity index (χ0) is 13.9. The predicted molar refractivity (Wildman–Crippen MR) is 80.2 cm³/mol. The van der Waals surface area contributed by atoms with E-state index in [0.717, 1.165) is 30.0 Å². The third kappa shape index (κ3) is 3.21. The lowest BCUT2D eigenvalue weighted by molar-refractivity contribution is 0.363. The quantitative estimate of drug-likeness (QED) is 0.915. The number of halogens is 2. The molecule has 0 spiro atoms. The maximum absolute atomic E-state index is 13.2. The lowest BCUT2D eigenvalue weighted by atomic mass is 10.2. The SMILES string of the molecule is Fc1ccc(-c2noc(CC3CSCCN3)n2)cc1Br. The van der Waals surface area contributed by atoms with Crippen LogP contribution in [0.15, 0.2) is 27.2 Å². The predicted octanol–water partition coefficient (Wildman–Crippen LogP) is 2.89. The minimum absolute atomic E-state index is 0.305. The standard InChI is InChI=1S/C13H13BrFN3OS/c14-10-5-8(1-2-11(10)15)13-17-12(19-18-13)6-9-7-20-4-3-16-9/h1-2,5,9,16H,3-4,6-7H2. The number of hydrogen-bond donors (Lipinski definition) is 1. The van der Waals surface area contributed by atoms with Crippen molar-refractivity contribution in [2.24, 2.45) is 0 Å². The van der Waals surface area contributed by atoms with E-state index in [1.807, 2.05) is 11.8 Å². The Morgan fingerprint density at radius 1 is 1.50 bits per heavy atom. The molecule has 0 saturated carbocycles. The Bertz CT molecular complexity index is 601. The fourth-order valence-corrected chi connectivity index (χ4v) is 3.38. The van der Waals surface area contributed by atoms with Gasteiger partial charge >= 0.3 is 0 Å². The molecule has 1 fully saturated rings. The number of nitrogens with one attached hydrogen (secondary N) is 1. The van der Waals surface area contributed by atoms with Gasteiger partial charge < -0.3 is 9.84 Å². The molecule has 1 aromatic carbocycles. The van der Waals surface area contributed by atoms with E-state index in [4.69, 9.17) is 4.52 Å². The van der Waals surface area contributed by atoms with Crippen molar-refractivity contribution in [3.05, 3.63) is 34.4 Å². The molecule has 2 aromatic rings. The molecule has 106 valence electrons. The Balaban J connectivity index is 1.73. The van der Waals surface area contributed by atoms with Crippen molar-refractivity contribution >= 4 is 27.7 Å². The molecule has 1 saturated heterocycles. The molecule has 1 atom stereocenters. The summed E-state index contributed by atoms with van der Waals surface area (Å²) in [6.45, 7) is 1.02. The van der Waals surface area contributed by atoms with Crippen LogP contribution in [0.3, 0.4) is 0 Å². The van der Waals surface area contributed by atoms with Crippen LogP contribution in [-0.2, 0) is 6.42 Å². The second-order valence-corrected chi connectivity index (χ2v) is 6.57. The summed E-state index contributed by atoms with van der Waals surface area (Å²) in [5.74, 6) is 3.00. The van der Waals surface area contributed by atoms with Crippen molar-refractivity contribution in [1.82, 2.24) is 15.5 Å². The maximum Gasteiger partial charge on any atom is 0.228 e. The van der Waals surface area contributed by atoms with Crippen LogP contribution in [0.5, 0.6) is 0 Å². The van der Waals surface area contributed by atoms with Crippen molar-refractivity contribution in [2.75, 3.05) is 18.1 Å². The summed E-state index contributed by atoms with van der Waals surface area (Å²) in [4.78, 5) is 4.38. The van der Waals surface area contributed by atoms with E-state index >= 15 is 0 Å². The maximum atomic E-state index is 13.2. The normalized spacial score (nSPS) is 19.2. The second-order valence-electron chi connectivity index (χ2n) is 4.57. The molecular weight excluding hydrogens is 345 g/mol. The number of thioether (sulfide) groups is 1. The van der Waals surface area contributed by atoms with Gasteiger partial charge in [0.05, 0.1) is 4.47 Å². The van der Waals surface area contributed by atoms with Gasteiger partial charge in [-0.2, -0.15) is 16.7 Å². The zero-order valence-corrected chi connectivity index (χ0v) is 13.0. The summed E-state index contributed by atoms with van der Waals surface area (Å²) in [7, 11) is 0. The van der Waals surface area contributed by atoms with Gasteiger partial charge in [0.2, 0.25) is 11.7 Å². The average molecular weight is 358 g/mol. The van der Waals surface area contributed by atoms with Crippen LogP contribution >= 0.6 is 27.7 Å². The van der Waals surface area contributed by atoms with Gasteiger partial charge in [0, 0.05) is 36.1 Å². The highest BCUT2D eigenvalue weighted by atomic mass is 79.9. The number of rotatable bonds is 3. The first kappa shape index (κ1) is 14.0. The molecule has 0 amide bonds. The molecular formula is C13H13BrFN3OS. The molecule has 4 nitrogen and oxygen atoms in total. The number of nitrogens with zero attached hydrogens (tertiary/aromatic N) is 2. The van der Waals surface area contributed by atoms with E-state index < -0.39 is 0 Å². The van der Waals surface area contributed by atoms with Crippen molar-refractivity contribution in [3.8, 4) is 11.4 Å². The minimum Gasteiger partial charge on any atom is -0.339 e. The van der Waals surface area contributed by atoms with E-state index in [1.165, 1.54) is 6.07 Å². The average Bonchev–Trinajstić information content (AvgIpc) is 2.91. The van der Waals surface area contributed by atoms with Crippen LogP contribution in [0.1, 0.15) is 5.89 Å². The minimum atomic E-state index is -0.305. The van der Waals surface area contributed by atoms with Crippen LogP contribution in [-0.4, -0.2) is 34.2 Å². The molecule has 1 aliphatic heterocycles. The molecule has 1 aliphatic rings. The van der Waals surface area contributed by atoms with Crippen LogP contribution in [0.25, 0.3) is 11.4 Å². The summed E-state index contributed by atoms with van der Waals surface area (Å²) in [5.41, 5.74) is 0.735. The van der Waals surface area contributed by atoms with Crippen molar-refractivity contribution in [3.63, 3.8) is 0 Å². The first-order valence-corrected chi connectivity index (χ1v) is 8.26. The molecule has 1 unspecified atom stereocenters. The second kappa shape index (κ2) is 6.24. The monoisotopic (exact) mass is 357 g/mol. The molecule has 3 rings (SSSR count). The van der Waals surface area contributed by atoms with Gasteiger partial charge in [-0.05, 0) is 34.1 Å². The molecule has 20 heavy (non-hydrogen) atoms. The zero-order valence-electron chi connectivity index (χ0n) is 10.6. The van der Waals surface area contributed by atoms with Crippen molar-refractivity contribution in [1.29, 1.82) is 0 Å². The first-order chi connectivity index (χ1) is 9.72. The molecule has 1 aromatic heterocycles. The van der Waals surface area contributed by atoms with Crippen LogP contribution in [0, 0.1) is 5.82 Å². The number of benzene rings is 1. The van der Waals surface area contributed by atoms with Gasteiger partial charge in [-0.3, -0.25) is 0 Å². The lowest BCUT2D eigenvalue weighted by Gasteiger charge is -2.21. The van der Waals surface area contributed by atoms with Crippen LogP contribution in [0.2, 0.25) is 0 Å². The Morgan fingerprint density at radius 2 is 2.40 bits per heavy atom. The highest BCUT2D eigenvalue weighted by molar-refractivity contribution is 9.10. The summed E-state index contributed by atoms with van der Waals surface area (Å²) < 4.78 is 18.9. The fourth-order valence-electron chi connectivity index (χ4n) is 2.05. The summed E-state index contributed by atoms with van der Waals surface area (Å²) in [5, 5.41) is 7.39. The number of hydrogen-bond acceptors (Lipinski definition) is 5. The van der Waals surface area contributed by atoms with Crippen LogP contribution < -0.4 is 5.32 Å². The van der Waals surface area contributed by atoms with E-state index in [2.05, 4.69) is 31.4 Å². The third-order valence-electron chi connectivity index (χ3n) is 3.07. The molecule has 1 N–H and O–H groups in total. The van der Waals surface area contributed by atoms with Gasteiger partial charge in [0.25, 0.3) is 0 Å². The van der Waals surface area contributed by atoms with Gasteiger partial charge in [-0.15, -0.1) is 0 Å². The van der Waals surface area contributed by atoms with Gasteiger partial charge in [0.15, 0.2) is 0 Å². The van der Waals surface area contributed by atoms with Crippen molar-refractivity contribution in [2.45, 2.75) is 12.5 Å². The summed E-state index contributed by atoms with van der Waals surface area (Å²) in [6, 6.07) is 5.05. The summed E-state index contributed by atoms with van der Waals surface area (Å²) >= 11 is 5.08. The third-order valence-corrected chi connectivity index (χ3v) is 4.80. The smallest absolute Gasteiger partial charge is 0.228 e. The van der Waals surface area contributed by atoms with E-state index in [9.17, 15) is 4.39 Å². The first-order valence-electron chi connectivity index (χ1n) is 6.31. The molecule has 0 aliphatic carbocycles. The summed E-state index contributed by atoms with van der Waals surface area (Å²) in [6.07, 6.45) is 0.725. The molecule has 7 heteroatoms. The molecule has 0 bridgehead atoms. The van der Waals surface area contributed by atoms with Gasteiger partial charge in [0.1, 0.15) is 5.82 Å². The Hall–Kier alpha value is -0.920. The van der Waals surface area contributed by atoms with E-state index in [-0.39, 0.29) is 5.82 Å². The Morgan fingerprint density at radius 3 is 3.15 bits per heavy atom. The topological polar surface area (TPSA) is 51.0 Å². The largest absolute Gasteiger partial charge is 0.339 e. The Kier molecular flexibility index (Phi) is 4.38. The van der Waals surface area contributed by atoms with Gasteiger partial charge in [-0.1, -0.05) is 5.16 Å². The molecule has 0 radical (unpaired) electrons. The highest BCUT2D eigenvalue weighted by Gasteiger charge is 2.18.